The van der Waals surface area contributed by atoms with Crippen LogP contribution in [0.15, 0.2) is 60.0 Å². The average molecular weight is 443 g/mol. The molecule has 4 rings (SSSR count). The van der Waals surface area contributed by atoms with Crippen LogP contribution in [0.5, 0.6) is 11.5 Å². The molecule has 0 saturated carbocycles. The average Bonchev–Trinajstić information content (AvgIpc) is 3.29. The Morgan fingerprint density at radius 3 is 2.61 bits per heavy atom. The van der Waals surface area contributed by atoms with Gasteiger partial charge in [-0.3, -0.25) is 14.5 Å². The third-order valence-corrected chi connectivity index (χ3v) is 4.95. The number of fused-ring (bicyclic) bond motifs is 1. The third-order valence-electron chi connectivity index (χ3n) is 4.10. The van der Waals surface area contributed by atoms with E-state index in [9.17, 15) is 18.4 Å². The molecule has 2 aromatic carbocycles. The molecule has 0 atom stereocenters. The second-order valence-corrected chi connectivity index (χ2v) is 7.23. The number of nitrogens with zero attached hydrogens (tertiary/aromatic N) is 2. The first-order chi connectivity index (χ1) is 14.8. The summed E-state index contributed by atoms with van der Waals surface area (Å²) >= 11 is 1.26. The number of para-hydroxylation sites is 1. The third kappa shape index (κ3) is 4.69. The van der Waals surface area contributed by atoms with E-state index in [2.05, 4.69) is 19.8 Å². The summed E-state index contributed by atoms with van der Waals surface area (Å²) in [4.78, 5) is 30.1. The lowest BCUT2D eigenvalue weighted by atomic mass is 10.2. The Morgan fingerprint density at radius 1 is 1.13 bits per heavy atom. The molecule has 158 valence electrons. The fraction of sp³-hybridized carbons (Fsp3) is 0.0952. The summed E-state index contributed by atoms with van der Waals surface area (Å²) in [7, 11) is 0. The Bertz CT molecular complexity index is 1160. The number of ether oxygens (including phenoxy) is 2. The summed E-state index contributed by atoms with van der Waals surface area (Å²) in [5, 5.41) is 4.72. The number of benzene rings is 2. The van der Waals surface area contributed by atoms with Crippen LogP contribution in [-0.4, -0.2) is 23.1 Å². The van der Waals surface area contributed by atoms with Gasteiger partial charge in [0.15, 0.2) is 16.6 Å². The van der Waals surface area contributed by atoms with Gasteiger partial charge in [0.05, 0.1) is 11.4 Å². The summed E-state index contributed by atoms with van der Waals surface area (Å²) < 4.78 is 34.8. The molecule has 3 aromatic rings. The van der Waals surface area contributed by atoms with Crippen molar-refractivity contribution >= 4 is 45.7 Å². The lowest BCUT2D eigenvalue weighted by Crippen LogP contribution is -2.25. The Kier molecular flexibility index (Phi) is 5.38. The molecule has 31 heavy (non-hydrogen) atoms. The standard InChI is InChI=1S/C21H15F2N3O4S/c1-13(27)26(16-5-3-2-4-6-16)20-25-15(12-31-20)8-10-19(28)24-14-7-9-17-18(11-14)30-21(22,23)29-17/h2-12H,1H3,(H,24,28). The maximum absolute atomic E-state index is 13.1. The normalized spacial score (nSPS) is 13.9. The molecule has 0 spiro atoms. The maximum Gasteiger partial charge on any atom is 0.586 e. The van der Waals surface area contributed by atoms with Gasteiger partial charge in [0.2, 0.25) is 11.8 Å². The number of amides is 2. The van der Waals surface area contributed by atoms with Crippen molar-refractivity contribution in [2.24, 2.45) is 0 Å². The first-order valence-corrected chi connectivity index (χ1v) is 9.89. The second-order valence-electron chi connectivity index (χ2n) is 6.40. The first kappa shape index (κ1) is 20.5. The number of hydrogen-bond donors (Lipinski definition) is 1. The molecule has 1 aliphatic rings. The Hall–Kier alpha value is -3.79. The molecule has 1 aromatic heterocycles. The minimum atomic E-state index is -3.72. The van der Waals surface area contributed by atoms with Crippen LogP contribution in [0, 0.1) is 0 Å². The van der Waals surface area contributed by atoms with Crippen molar-refractivity contribution in [3.8, 4) is 11.5 Å². The monoisotopic (exact) mass is 443 g/mol. The molecule has 0 bridgehead atoms. The van der Waals surface area contributed by atoms with Crippen LogP contribution in [0.2, 0.25) is 0 Å². The van der Waals surface area contributed by atoms with Gasteiger partial charge in [-0.15, -0.1) is 20.1 Å². The van der Waals surface area contributed by atoms with Crippen LogP contribution in [0.4, 0.5) is 25.3 Å². The number of nitrogens with one attached hydrogen (secondary N) is 1. The van der Waals surface area contributed by atoms with Crippen LogP contribution in [0.3, 0.4) is 0 Å². The molecular weight excluding hydrogens is 428 g/mol. The molecule has 0 saturated heterocycles. The number of thiazole rings is 1. The number of hydrogen-bond acceptors (Lipinski definition) is 6. The second kappa shape index (κ2) is 8.15. The van der Waals surface area contributed by atoms with E-state index in [4.69, 9.17) is 0 Å². The number of carbonyl (C=O) groups excluding carboxylic acids is 2. The van der Waals surface area contributed by atoms with Crippen molar-refractivity contribution in [2.75, 3.05) is 10.2 Å². The summed E-state index contributed by atoms with van der Waals surface area (Å²) in [5.41, 5.74) is 1.44. The van der Waals surface area contributed by atoms with Gasteiger partial charge in [0.1, 0.15) is 0 Å². The zero-order valence-corrected chi connectivity index (χ0v) is 16.9. The molecular formula is C21H15F2N3O4S. The number of alkyl halides is 2. The van der Waals surface area contributed by atoms with Crippen molar-refractivity contribution in [2.45, 2.75) is 13.2 Å². The summed E-state index contributed by atoms with van der Waals surface area (Å²) in [6.07, 6.45) is -0.987. The molecule has 1 aliphatic heterocycles. The smallest absolute Gasteiger partial charge is 0.395 e. The lowest BCUT2D eigenvalue weighted by Gasteiger charge is -2.17. The van der Waals surface area contributed by atoms with Gasteiger partial charge in [-0.25, -0.2) is 4.98 Å². The van der Waals surface area contributed by atoms with Crippen molar-refractivity contribution < 1.29 is 27.8 Å². The van der Waals surface area contributed by atoms with Gasteiger partial charge in [-0.1, -0.05) is 18.2 Å². The number of halogens is 2. The van der Waals surface area contributed by atoms with E-state index < -0.39 is 12.2 Å². The quantitative estimate of drug-likeness (QED) is 0.573. The van der Waals surface area contributed by atoms with E-state index >= 15 is 0 Å². The Balaban J connectivity index is 1.43. The number of rotatable bonds is 5. The summed E-state index contributed by atoms with van der Waals surface area (Å²) in [5.74, 6) is -0.961. The Labute approximate surface area is 179 Å². The van der Waals surface area contributed by atoms with Gasteiger partial charge in [-0.2, -0.15) is 0 Å². The minimum absolute atomic E-state index is 0.109. The van der Waals surface area contributed by atoms with Gasteiger partial charge in [0, 0.05) is 30.1 Å². The molecule has 0 aliphatic carbocycles. The van der Waals surface area contributed by atoms with Gasteiger partial charge in [0.25, 0.3) is 0 Å². The highest BCUT2D eigenvalue weighted by Crippen LogP contribution is 2.42. The van der Waals surface area contributed by atoms with E-state index in [1.807, 2.05) is 18.2 Å². The van der Waals surface area contributed by atoms with Crippen LogP contribution in [-0.2, 0) is 9.59 Å². The van der Waals surface area contributed by atoms with Crippen molar-refractivity contribution in [3.05, 3.63) is 65.7 Å². The van der Waals surface area contributed by atoms with Crippen LogP contribution in [0.25, 0.3) is 6.08 Å². The van der Waals surface area contributed by atoms with Gasteiger partial charge < -0.3 is 14.8 Å². The molecule has 10 heteroatoms. The van der Waals surface area contributed by atoms with Gasteiger partial charge >= 0.3 is 6.29 Å². The molecule has 0 fully saturated rings. The van der Waals surface area contributed by atoms with Crippen LogP contribution < -0.4 is 19.7 Å². The van der Waals surface area contributed by atoms with Crippen molar-refractivity contribution in [1.82, 2.24) is 4.98 Å². The van der Waals surface area contributed by atoms with E-state index in [0.29, 0.717) is 16.5 Å². The SMILES string of the molecule is CC(=O)N(c1ccccc1)c1nc(C=CC(=O)Nc2ccc3c(c2)OC(F)(F)O3)cs1. The van der Waals surface area contributed by atoms with Crippen LogP contribution >= 0.6 is 11.3 Å². The summed E-state index contributed by atoms with van der Waals surface area (Å²) in [6.45, 7) is 1.44. The molecule has 7 nitrogen and oxygen atoms in total. The lowest BCUT2D eigenvalue weighted by molar-refractivity contribution is -0.286. The van der Waals surface area contributed by atoms with E-state index in [0.717, 1.165) is 0 Å². The summed E-state index contributed by atoms with van der Waals surface area (Å²) in [6, 6.07) is 13.0. The molecule has 1 N–H and O–H groups in total. The highest BCUT2D eigenvalue weighted by molar-refractivity contribution is 7.14. The highest BCUT2D eigenvalue weighted by Gasteiger charge is 2.43. The maximum atomic E-state index is 13.1. The number of aromatic nitrogens is 1. The van der Waals surface area contributed by atoms with E-state index in [-0.39, 0.29) is 23.1 Å². The first-order valence-electron chi connectivity index (χ1n) is 9.01. The fourth-order valence-corrected chi connectivity index (χ4v) is 3.69. The Morgan fingerprint density at radius 2 is 1.87 bits per heavy atom. The zero-order valence-electron chi connectivity index (χ0n) is 16.0. The fourth-order valence-electron chi connectivity index (χ4n) is 2.83. The van der Waals surface area contributed by atoms with Gasteiger partial charge in [-0.05, 0) is 30.3 Å². The largest absolute Gasteiger partial charge is 0.586 e. The van der Waals surface area contributed by atoms with E-state index in [1.54, 1.807) is 17.5 Å². The molecule has 2 amide bonds. The predicted octanol–water partition coefficient (Wildman–Crippen LogP) is 4.80. The van der Waals surface area contributed by atoms with Crippen molar-refractivity contribution in [3.63, 3.8) is 0 Å². The predicted molar refractivity (Wildman–Crippen MR) is 112 cm³/mol. The highest BCUT2D eigenvalue weighted by atomic mass is 32.1. The number of anilines is 3. The van der Waals surface area contributed by atoms with Crippen LogP contribution in [0.1, 0.15) is 12.6 Å². The van der Waals surface area contributed by atoms with Crippen molar-refractivity contribution in [1.29, 1.82) is 0 Å². The van der Waals surface area contributed by atoms with E-state index in [1.165, 1.54) is 53.5 Å². The molecule has 2 heterocycles. The zero-order chi connectivity index (χ0) is 22.0. The number of carbonyl (C=O) groups is 2. The topological polar surface area (TPSA) is 80.8 Å². The molecule has 0 radical (unpaired) electrons. The minimum Gasteiger partial charge on any atom is -0.395 e. The molecule has 0 unspecified atom stereocenters.